The van der Waals surface area contributed by atoms with Crippen molar-refractivity contribution in [3.63, 3.8) is 0 Å². The average molecular weight is 338 g/mol. The van der Waals surface area contributed by atoms with Crippen molar-refractivity contribution in [2.75, 3.05) is 13.2 Å². The van der Waals surface area contributed by atoms with E-state index in [1.165, 1.54) is 24.3 Å². The number of Topliss-reactive ketones (excluding diaryl/α,β-unsaturated/α-hetero) is 1. The smallest absolute Gasteiger partial charge is 0.424 e. The monoisotopic (exact) mass is 337 g/mol. The van der Waals surface area contributed by atoms with Crippen LogP contribution in [0.4, 0.5) is 4.79 Å². The molecule has 1 aliphatic heterocycles. The molecule has 6 nitrogen and oxygen atoms in total. The molecular formula is C11H9Cl2NO5S. The summed E-state index contributed by atoms with van der Waals surface area (Å²) in [5.41, 5.74) is 0.183. The fraction of sp³-hybridized carbons (Fsp3) is 0.273. The summed E-state index contributed by atoms with van der Waals surface area (Å²) in [5.74, 6) is -0.530. The van der Waals surface area contributed by atoms with Gasteiger partial charge in [-0.15, -0.1) is 0 Å². The molecule has 1 aliphatic rings. The number of carbonyl (C=O) groups excluding carboxylic acids is 2. The molecule has 1 aromatic carbocycles. The van der Waals surface area contributed by atoms with Crippen LogP contribution in [-0.2, 0) is 14.8 Å². The Bertz CT molecular complexity index is 641. The zero-order valence-corrected chi connectivity index (χ0v) is 12.3. The van der Waals surface area contributed by atoms with Crippen LogP contribution in [0.1, 0.15) is 10.4 Å². The minimum absolute atomic E-state index is 0.0226. The predicted octanol–water partition coefficient (Wildman–Crippen LogP) is 1.81. The SMILES string of the molecule is O=C(c1ccc(S(=O)(=O)N2CCOC2=O)cc1)C(Cl)Cl. The summed E-state index contributed by atoms with van der Waals surface area (Å²) in [6, 6.07) is 5.00. The quantitative estimate of drug-likeness (QED) is 0.618. The molecule has 0 bridgehead atoms. The molecule has 0 radical (unpaired) electrons. The third-order valence-electron chi connectivity index (χ3n) is 2.65. The Kier molecular flexibility index (Phi) is 4.22. The van der Waals surface area contributed by atoms with E-state index in [4.69, 9.17) is 23.2 Å². The summed E-state index contributed by atoms with van der Waals surface area (Å²) in [5, 5.41) is 0. The molecule has 108 valence electrons. The van der Waals surface area contributed by atoms with E-state index in [0.29, 0.717) is 4.31 Å². The second-order valence-corrected chi connectivity index (χ2v) is 6.84. The first-order chi connectivity index (χ1) is 9.34. The number of benzene rings is 1. The third-order valence-corrected chi connectivity index (χ3v) is 4.82. The van der Waals surface area contributed by atoms with Gasteiger partial charge in [0.1, 0.15) is 6.61 Å². The van der Waals surface area contributed by atoms with E-state index in [0.717, 1.165) is 0 Å². The van der Waals surface area contributed by atoms with E-state index >= 15 is 0 Å². The Morgan fingerprint density at radius 1 is 1.25 bits per heavy atom. The number of hydrogen-bond acceptors (Lipinski definition) is 5. The maximum Gasteiger partial charge on any atom is 0.424 e. The number of ether oxygens (including phenoxy) is 1. The number of alkyl halides is 2. The van der Waals surface area contributed by atoms with Gasteiger partial charge in [-0.25, -0.2) is 13.2 Å². The van der Waals surface area contributed by atoms with Gasteiger partial charge in [-0.1, -0.05) is 23.2 Å². The van der Waals surface area contributed by atoms with Crippen molar-refractivity contribution >= 4 is 45.1 Å². The van der Waals surface area contributed by atoms with Crippen molar-refractivity contribution < 1.29 is 22.7 Å². The van der Waals surface area contributed by atoms with Gasteiger partial charge in [-0.05, 0) is 24.3 Å². The number of amides is 1. The molecule has 1 saturated heterocycles. The van der Waals surface area contributed by atoms with Crippen LogP contribution in [-0.4, -0.2) is 42.6 Å². The van der Waals surface area contributed by atoms with Gasteiger partial charge >= 0.3 is 6.09 Å². The van der Waals surface area contributed by atoms with E-state index in [1.54, 1.807) is 0 Å². The second-order valence-electron chi connectivity index (χ2n) is 3.88. The third kappa shape index (κ3) is 2.74. The molecule has 0 aliphatic carbocycles. The molecule has 9 heteroatoms. The van der Waals surface area contributed by atoms with E-state index in [2.05, 4.69) is 4.74 Å². The Labute approximate surface area is 125 Å². The van der Waals surface area contributed by atoms with Crippen molar-refractivity contribution in [2.45, 2.75) is 9.73 Å². The summed E-state index contributed by atoms with van der Waals surface area (Å²) in [7, 11) is -3.97. The molecule has 0 spiro atoms. The summed E-state index contributed by atoms with van der Waals surface area (Å²) >= 11 is 10.9. The lowest BCUT2D eigenvalue weighted by Gasteiger charge is -2.13. The van der Waals surface area contributed by atoms with E-state index in [1.807, 2.05) is 0 Å². The average Bonchev–Trinajstić information content (AvgIpc) is 2.85. The van der Waals surface area contributed by atoms with Gasteiger partial charge < -0.3 is 4.74 Å². The fourth-order valence-electron chi connectivity index (χ4n) is 1.64. The van der Waals surface area contributed by atoms with Crippen LogP contribution in [0.15, 0.2) is 29.2 Å². The first-order valence-electron chi connectivity index (χ1n) is 5.46. The van der Waals surface area contributed by atoms with Crippen molar-refractivity contribution in [1.29, 1.82) is 0 Å². The number of nitrogens with zero attached hydrogens (tertiary/aromatic N) is 1. The lowest BCUT2D eigenvalue weighted by molar-refractivity contribution is 0.101. The normalized spacial score (nSPS) is 15.6. The van der Waals surface area contributed by atoms with Crippen LogP contribution < -0.4 is 0 Å². The zero-order chi connectivity index (χ0) is 14.9. The lowest BCUT2D eigenvalue weighted by Crippen LogP contribution is -2.31. The first-order valence-corrected chi connectivity index (χ1v) is 7.77. The fourth-order valence-corrected chi connectivity index (χ4v) is 3.19. The summed E-state index contributed by atoms with van der Waals surface area (Å²) < 4.78 is 29.5. The summed E-state index contributed by atoms with van der Waals surface area (Å²) in [6.45, 7) is -0.0118. The molecule has 1 amide bonds. The molecule has 0 N–H and O–H groups in total. The van der Waals surface area contributed by atoms with Gasteiger partial charge in [0.15, 0.2) is 10.6 Å². The van der Waals surface area contributed by atoms with Crippen LogP contribution >= 0.6 is 23.2 Å². The first kappa shape index (κ1) is 15.1. The van der Waals surface area contributed by atoms with E-state index in [-0.39, 0.29) is 23.6 Å². The molecule has 0 unspecified atom stereocenters. The minimum Gasteiger partial charge on any atom is -0.447 e. The lowest BCUT2D eigenvalue weighted by atomic mass is 10.1. The number of ketones is 1. The molecule has 0 atom stereocenters. The number of sulfonamides is 1. The van der Waals surface area contributed by atoms with Crippen molar-refractivity contribution in [2.24, 2.45) is 0 Å². The highest BCUT2D eigenvalue weighted by Crippen LogP contribution is 2.21. The predicted molar refractivity (Wildman–Crippen MR) is 71.5 cm³/mol. The molecule has 0 saturated carbocycles. The van der Waals surface area contributed by atoms with Crippen LogP contribution in [0.3, 0.4) is 0 Å². The zero-order valence-electron chi connectivity index (χ0n) is 9.95. The van der Waals surface area contributed by atoms with Gasteiger partial charge in [0.05, 0.1) is 11.4 Å². The summed E-state index contributed by atoms with van der Waals surface area (Å²) in [4.78, 5) is 21.5. The number of carbonyl (C=O) groups is 2. The number of cyclic esters (lactones) is 1. The number of hydrogen-bond donors (Lipinski definition) is 0. The number of halogens is 2. The number of rotatable bonds is 4. The Morgan fingerprint density at radius 3 is 2.30 bits per heavy atom. The van der Waals surface area contributed by atoms with Crippen molar-refractivity contribution in [3.8, 4) is 0 Å². The Morgan fingerprint density at radius 2 is 1.85 bits per heavy atom. The van der Waals surface area contributed by atoms with Crippen molar-refractivity contribution in [3.05, 3.63) is 29.8 Å². The van der Waals surface area contributed by atoms with Crippen LogP contribution in [0.25, 0.3) is 0 Å². The molecule has 1 heterocycles. The molecule has 1 fully saturated rings. The molecule has 2 rings (SSSR count). The highest BCUT2D eigenvalue weighted by molar-refractivity contribution is 7.89. The molecule has 1 aromatic rings. The highest BCUT2D eigenvalue weighted by Gasteiger charge is 2.34. The maximum absolute atomic E-state index is 12.1. The molecule has 20 heavy (non-hydrogen) atoms. The van der Waals surface area contributed by atoms with Crippen LogP contribution in [0.5, 0.6) is 0 Å². The van der Waals surface area contributed by atoms with Gasteiger partial charge in [-0.3, -0.25) is 4.79 Å². The Balaban J connectivity index is 2.30. The van der Waals surface area contributed by atoms with Crippen molar-refractivity contribution in [1.82, 2.24) is 4.31 Å². The standard InChI is InChI=1S/C11H9Cl2NO5S/c12-10(13)9(15)7-1-3-8(4-2-7)20(17,18)14-5-6-19-11(14)16/h1-4,10H,5-6H2. The Hall–Kier alpha value is -1.31. The molecule has 0 aromatic heterocycles. The van der Waals surface area contributed by atoms with Gasteiger partial charge in [0.2, 0.25) is 0 Å². The van der Waals surface area contributed by atoms with Gasteiger partial charge in [0, 0.05) is 5.56 Å². The van der Waals surface area contributed by atoms with Gasteiger partial charge in [0.25, 0.3) is 10.0 Å². The molecular weight excluding hydrogens is 329 g/mol. The van der Waals surface area contributed by atoms with E-state index in [9.17, 15) is 18.0 Å². The maximum atomic E-state index is 12.1. The second kappa shape index (κ2) is 5.59. The highest BCUT2D eigenvalue weighted by atomic mass is 35.5. The van der Waals surface area contributed by atoms with E-state index < -0.39 is 26.7 Å². The van der Waals surface area contributed by atoms with Crippen LogP contribution in [0, 0.1) is 0 Å². The summed E-state index contributed by atoms with van der Waals surface area (Å²) in [6.07, 6.45) is -0.910. The van der Waals surface area contributed by atoms with Gasteiger partial charge in [-0.2, -0.15) is 4.31 Å². The minimum atomic E-state index is -3.97. The largest absolute Gasteiger partial charge is 0.447 e. The topological polar surface area (TPSA) is 80.8 Å². The van der Waals surface area contributed by atoms with Crippen LogP contribution in [0.2, 0.25) is 0 Å².